The summed E-state index contributed by atoms with van der Waals surface area (Å²) in [7, 11) is 0. The molecule has 1 aliphatic heterocycles. The number of ether oxygens (including phenoxy) is 1. The first-order chi connectivity index (χ1) is 11.8. The standard InChI is InChI=1S/C20H24N2O2/c23-20(16-24-19-9-2-1-3-10-19)21-12-6-13-22-14-11-17-7-4-5-8-18(17)15-22/h1-5,7-10H,6,11-16H2,(H,21,23). The lowest BCUT2D eigenvalue weighted by Gasteiger charge is -2.28. The van der Waals surface area contributed by atoms with Crippen LogP contribution in [0.2, 0.25) is 0 Å². The number of para-hydroxylation sites is 1. The van der Waals surface area contributed by atoms with Gasteiger partial charge in [0, 0.05) is 26.2 Å². The topological polar surface area (TPSA) is 41.6 Å². The van der Waals surface area contributed by atoms with E-state index in [9.17, 15) is 4.79 Å². The van der Waals surface area contributed by atoms with Crippen molar-refractivity contribution >= 4 is 5.91 Å². The molecule has 0 fully saturated rings. The van der Waals surface area contributed by atoms with Gasteiger partial charge in [-0.25, -0.2) is 0 Å². The van der Waals surface area contributed by atoms with Gasteiger partial charge in [0.15, 0.2) is 6.61 Å². The zero-order valence-electron chi connectivity index (χ0n) is 13.9. The van der Waals surface area contributed by atoms with Gasteiger partial charge in [0.1, 0.15) is 5.75 Å². The molecule has 0 aliphatic carbocycles. The monoisotopic (exact) mass is 324 g/mol. The summed E-state index contributed by atoms with van der Waals surface area (Å²) in [6.07, 6.45) is 2.08. The lowest BCUT2D eigenvalue weighted by atomic mass is 10.00. The van der Waals surface area contributed by atoms with Crippen LogP contribution in [0.5, 0.6) is 5.75 Å². The first kappa shape index (κ1) is 16.5. The van der Waals surface area contributed by atoms with Crippen LogP contribution in [0.25, 0.3) is 0 Å². The van der Waals surface area contributed by atoms with Crippen molar-refractivity contribution in [2.75, 3.05) is 26.2 Å². The molecule has 0 unspecified atom stereocenters. The molecule has 3 rings (SSSR count). The highest BCUT2D eigenvalue weighted by molar-refractivity contribution is 5.77. The van der Waals surface area contributed by atoms with Gasteiger partial charge >= 0.3 is 0 Å². The van der Waals surface area contributed by atoms with E-state index in [1.54, 1.807) is 0 Å². The predicted molar refractivity (Wildman–Crippen MR) is 95.0 cm³/mol. The third-order valence-corrected chi connectivity index (χ3v) is 4.30. The summed E-state index contributed by atoms with van der Waals surface area (Å²) in [5.41, 5.74) is 2.91. The molecule has 0 bridgehead atoms. The summed E-state index contributed by atoms with van der Waals surface area (Å²) in [5, 5.41) is 2.92. The Bertz CT molecular complexity index is 658. The number of benzene rings is 2. The Hall–Kier alpha value is -2.33. The predicted octanol–water partition coefficient (Wildman–Crippen LogP) is 2.63. The number of hydrogen-bond donors (Lipinski definition) is 1. The number of nitrogens with zero attached hydrogens (tertiary/aromatic N) is 1. The Balaban J connectivity index is 1.31. The van der Waals surface area contributed by atoms with Crippen LogP contribution in [0.15, 0.2) is 54.6 Å². The second kappa shape index (κ2) is 8.50. The van der Waals surface area contributed by atoms with Crippen molar-refractivity contribution < 1.29 is 9.53 Å². The number of hydrogen-bond acceptors (Lipinski definition) is 3. The molecule has 1 N–H and O–H groups in total. The molecule has 126 valence electrons. The van der Waals surface area contributed by atoms with Crippen LogP contribution in [-0.4, -0.2) is 37.0 Å². The number of amides is 1. The van der Waals surface area contributed by atoms with Crippen LogP contribution in [0.1, 0.15) is 17.5 Å². The molecule has 0 atom stereocenters. The molecule has 0 spiro atoms. The lowest BCUT2D eigenvalue weighted by molar-refractivity contribution is -0.123. The molecule has 1 aliphatic rings. The summed E-state index contributed by atoms with van der Waals surface area (Å²) < 4.78 is 5.43. The number of nitrogens with one attached hydrogen (secondary N) is 1. The molecular formula is C20H24N2O2. The van der Waals surface area contributed by atoms with Crippen LogP contribution >= 0.6 is 0 Å². The van der Waals surface area contributed by atoms with Crippen molar-refractivity contribution in [1.29, 1.82) is 0 Å². The van der Waals surface area contributed by atoms with Gasteiger partial charge in [-0.1, -0.05) is 42.5 Å². The highest BCUT2D eigenvalue weighted by Crippen LogP contribution is 2.18. The van der Waals surface area contributed by atoms with E-state index in [0.29, 0.717) is 6.54 Å². The number of rotatable bonds is 7. The maximum atomic E-state index is 11.8. The molecule has 0 saturated heterocycles. The van der Waals surface area contributed by atoms with Gasteiger partial charge in [-0.2, -0.15) is 0 Å². The van der Waals surface area contributed by atoms with E-state index < -0.39 is 0 Å². The number of fused-ring (bicyclic) bond motifs is 1. The van der Waals surface area contributed by atoms with E-state index in [2.05, 4.69) is 34.5 Å². The summed E-state index contributed by atoms with van der Waals surface area (Å²) in [4.78, 5) is 14.2. The van der Waals surface area contributed by atoms with Crippen LogP contribution in [-0.2, 0) is 17.8 Å². The largest absolute Gasteiger partial charge is 0.484 e. The first-order valence-electron chi connectivity index (χ1n) is 8.55. The van der Waals surface area contributed by atoms with Crippen LogP contribution in [0.3, 0.4) is 0 Å². The van der Waals surface area contributed by atoms with Crippen molar-refractivity contribution in [2.45, 2.75) is 19.4 Å². The van der Waals surface area contributed by atoms with Gasteiger partial charge in [-0.15, -0.1) is 0 Å². The van der Waals surface area contributed by atoms with Crippen molar-refractivity contribution in [3.63, 3.8) is 0 Å². The van der Waals surface area contributed by atoms with E-state index in [-0.39, 0.29) is 12.5 Å². The van der Waals surface area contributed by atoms with Crippen molar-refractivity contribution in [3.05, 3.63) is 65.7 Å². The fraction of sp³-hybridized carbons (Fsp3) is 0.350. The molecule has 4 heteroatoms. The zero-order valence-corrected chi connectivity index (χ0v) is 13.9. The maximum Gasteiger partial charge on any atom is 0.257 e. The van der Waals surface area contributed by atoms with Gasteiger partial charge in [-0.3, -0.25) is 9.69 Å². The number of carbonyl (C=O) groups is 1. The zero-order chi connectivity index (χ0) is 16.6. The molecule has 1 amide bonds. The van der Waals surface area contributed by atoms with Gasteiger partial charge in [0.25, 0.3) is 5.91 Å². The summed E-state index contributed by atoms with van der Waals surface area (Å²) in [6.45, 7) is 3.88. The van der Waals surface area contributed by atoms with E-state index in [0.717, 1.165) is 38.2 Å². The molecule has 0 saturated carbocycles. The SMILES string of the molecule is O=C(COc1ccccc1)NCCCN1CCc2ccccc2C1. The molecular weight excluding hydrogens is 300 g/mol. The normalized spacial score (nSPS) is 14.0. The fourth-order valence-electron chi connectivity index (χ4n) is 2.99. The summed E-state index contributed by atoms with van der Waals surface area (Å²) in [6, 6.07) is 18.1. The summed E-state index contributed by atoms with van der Waals surface area (Å²) >= 11 is 0. The summed E-state index contributed by atoms with van der Waals surface area (Å²) in [5.74, 6) is 0.655. The van der Waals surface area contributed by atoms with Crippen LogP contribution < -0.4 is 10.1 Å². The van der Waals surface area contributed by atoms with Crippen molar-refractivity contribution in [2.24, 2.45) is 0 Å². The van der Waals surface area contributed by atoms with Gasteiger partial charge < -0.3 is 10.1 Å². The molecule has 1 heterocycles. The highest BCUT2D eigenvalue weighted by atomic mass is 16.5. The molecule has 2 aromatic carbocycles. The fourth-order valence-corrected chi connectivity index (χ4v) is 2.99. The van der Waals surface area contributed by atoms with E-state index >= 15 is 0 Å². The minimum atomic E-state index is -0.0668. The van der Waals surface area contributed by atoms with Gasteiger partial charge in [0.2, 0.25) is 0 Å². The first-order valence-corrected chi connectivity index (χ1v) is 8.55. The van der Waals surface area contributed by atoms with E-state index in [1.807, 2.05) is 30.3 Å². The van der Waals surface area contributed by atoms with Crippen molar-refractivity contribution in [3.8, 4) is 5.75 Å². The molecule has 0 radical (unpaired) electrons. The Morgan fingerprint density at radius 2 is 1.79 bits per heavy atom. The molecule has 0 aromatic heterocycles. The average Bonchev–Trinajstić information content (AvgIpc) is 2.64. The molecule has 2 aromatic rings. The van der Waals surface area contributed by atoms with Crippen LogP contribution in [0.4, 0.5) is 0 Å². The van der Waals surface area contributed by atoms with Gasteiger partial charge in [-0.05, 0) is 36.1 Å². The van der Waals surface area contributed by atoms with Crippen LogP contribution in [0, 0.1) is 0 Å². The minimum absolute atomic E-state index is 0.0668. The average molecular weight is 324 g/mol. The molecule has 24 heavy (non-hydrogen) atoms. The third kappa shape index (κ3) is 4.83. The minimum Gasteiger partial charge on any atom is -0.484 e. The van der Waals surface area contributed by atoms with E-state index in [1.165, 1.54) is 11.1 Å². The van der Waals surface area contributed by atoms with Crippen molar-refractivity contribution in [1.82, 2.24) is 10.2 Å². The quantitative estimate of drug-likeness (QED) is 0.796. The lowest BCUT2D eigenvalue weighted by Crippen LogP contribution is -2.34. The van der Waals surface area contributed by atoms with Gasteiger partial charge in [0.05, 0.1) is 0 Å². The second-order valence-electron chi connectivity index (χ2n) is 6.10. The Kier molecular flexibility index (Phi) is 5.85. The Labute approximate surface area is 143 Å². The number of carbonyl (C=O) groups excluding carboxylic acids is 1. The molecule has 4 nitrogen and oxygen atoms in total. The van der Waals surface area contributed by atoms with E-state index in [4.69, 9.17) is 4.74 Å². The highest BCUT2D eigenvalue weighted by Gasteiger charge is 2.14. The second-order valence-corrected chi connectivity index (χ2v) is 6.10. The smallest absolute Gasteiger partial charge is 0.257 e. The maximum absolute atomic E-state index is 11.8. The Morgan fingerprint density at radius 3 is 2.62 bits per heavy atom. The third-order valence-electron chi connectivity index (χ3n) is 4.30. The Morgan fingerprint density at radius 1 is 1.04 bits per heavy atom.